The Morgan fingerprint density at radius 2 is 1.88 bits per heavy atom. The van der Waals surface area contributed by atoms with Crippen molar-refractivity contribution in [3.63, 3.8) is 0 Å². The highest BCUT2D eigenvalue weighted by Gasteiger charge is 2.23. The van der Waals surface area contributed by atoms with Crippen LogP contribution in [0.4, 0.5) is 5.69 Å². The van der Waals surface area contributed by atoms with E-state index in [0.29, 0.717) is 33.1 Å². The Labute approximate surface area is 195 Å². The number of hydrogen-bond acceptors (Lipinski definition) is 5. The van der Waals surface area contributed by atoms with E-state index in [-0.39, 0.29) is 11.4 Å². The number of H-pyrrole nitrogens is 1. The Morgan fingerprint density at radius 1 is 1.15 bits per heavy atom. The second-order valence-corrected chi connectivity index (χ2v) is 9.69. The standard InChI is InChI=1S/C23H18ClN5O3S/c1-29(33(31,32)17-9-6-15(13-25)7-10-17)14-22(30)26-16-8-11-20-21(12-16)28-23(27-20)18-4-2-3-5-19(18)24/h2-12H,14H2,1H3,(H,26,30)(H,27,28). The van der Waals surface area contributed by atoms with Gasteiger partial charge in [-0.2, -0.15) is 9.57 Å². The van der Waals surface area contributed by atoms with Crippen LogP contribution < -0.4 is 5.32 Å². The summed E-state index contributed by atoms with van der Waals surface area (Å²) in [4.78, 5) is 20.2. The maximum atomic E-state index is 12.7. The topological polar surface area (TPSA) is 119 Å². The molecular formula is C23H18ClN5O3S. The Hall–Kier alpha value is -3.71. The van der Waals surface area contributed by atoms with E-state index in [4.69, 9.17) is 16.9 Å². The Kier molecular flexibility index (Phi) is 6.16. The van der Waals surface area contributed by atoms with Crippen LogP contribution >= 0.6 is 11.6 Å². The molecular weight excluding hydrogens is 462 g/mol. The lowest BCUT2D eigenvalue weighted by Crippen LogP contribution is -2.34. The van der Waals surface area contributed by atoms with Gasteiger partial charge in [0.15, 0.2) is 0 Å². The number of halogens is 1. The van der Waals surface area contributed by atoms with Crippen molar-refractivity contribution in [2.45, 2.75) is 4.90 Å². The molecule has 0 atom stereocenters. The summed E-state index contributed by atoms with van der Waals surface area (Å²) in [7, 11) is -2.56. The molecule has 4 aromatic rings. The van der Waals surface area contributed by atoms with Gasteiger partial charge in [-0.3, -0.25) is 4.79 Å². The number of nitriles is 1. The van der Waals surface area contributed by atoms with Crippen molar-refractivity contribution in [1.82, 2.24) is 14.3 Å². The van der Waals surface area contributed by atoms with Crippen LogP contribution in [0.1, 0.15) is 5.56 Å². The number of fused-ring (bicyclic) bond motifs is 1. The maximum absolute atomic E-state index is 12.7. The van der Waals surface area contributed by atoms with Gasteiger partial charge in [0.1, 0.15) is 5.82 Å². The number of amides is 1. The first kappa shape index (κ1) is 22.5. The lowest BCUT2D eigenvalue weighted by atomic mass is 10.2. The first-order valence-electron chi connectivity index (χ1n) is 9.79. The fourth-order valence-electron chi connectivity index (χ4n) is 3.24. The fourth-order valence-corrected chi connectivity index (χ4v) is 4.59. The summed E-state index contributed by atoms with van der Waals surface area (Å²) in [6, 6.07) is 19.9. The molecule has 0 unspecified atom stereocenters. The molecule has 0 aliphatic carbocycles. The second-order valence-electron chi connectivity index (χ2n) is 7.24. The highest BCUT2D eigenvalue weighted by molar-refractivity contribution is 7.89. The summed E-state index contributed by atoms with van der Waals surface area (Å²) in [5, 5.41) is 12.1. The third-order valence-electron chi connectivity index (χ3n) is 4.95. The van der Waals surface area contributed by atoms with Crippen molar-refractivity contribution in [2.75, 3.05) is 18.9 Å². The molecule has 1 heterocycles. The highest BCUT2D eigenvalue weighted by Crippen LogP contribution is 2.28. The van der Waals surface area contributed by atoms with E-state index < -0.39 is 15.9 Å². The van der Waals surface area contributed by atoms with Gasteiger partial charge in [-0.25, -0.2) is 13.4 Å². The Morgan fingerprint density at radius 3 is 2.58 bits per heavy atom. The summed E-state index contributed by atoms with van der Waals surface area (Å²) in [6.45, 7) is -0.381. The summed E-state index contributed by atoms with van der Waals surface area (Å²) in [5.41, 5.74) is 2.99. The van der Waals surface area contributed by atoms with Crippen LogP contribution in [0.5, 0.6) is 0 Å². The van der Waals surface area contributed by atoms with Gasteiger partial charge in [-0.15, -0.1) is 0 Å². The van der Waals surface area contributed by atoms with Crippen LogP contribution in [-0.4, -0.2) is 42.2 Å². The van der Waals surface area contributed by atoms with Gasteiger partial charge < -0.3 is 10.3 Å². The minimum Gasteiger partial charge on any atom is -0.338 e. The third-order valence-corrected chi connectivity index (χ3v) is 7.10. The van der Waals surface area contributed by atoms with Crippen molar-refractivity contribution >= 4 is 44.3 Å². The quantitative estimate of drug-likeness (QED) is 0.433. The number of imidazole rings is 1. The number of anilines is 1. The monoisotopic (exact) mass is 479 g/mol. The van der Waals surface area contributed by atoms with Crippen LogP contribution in [0.25, 0.3) is 22.4 Å². The van der Waals surface area contributed by atoms with Gasteiger partial charge in [0, 0.05) is 18.3 Å². The number of hydrogen-bond donors (Lipinski definition) is 2. The van der Waals surface area contributed by atoms with Crippen LogP contribution in [0, 0.1) is 11.3 Å². The predicted octanol–water partition coefficient (Wildman–Crippen LogP) is 4.01. The lowest BCUT2D eigenvalue weighted by molar-refractivity contribution is -0.116. The van der Waals surface area contributed by atoms with Gasteiger partial charge in [-0.05, 0) is 54.6 Å². The minimum absolute atomic E-state index is 0.00258. The number of nitrogens with zero attached hydrogens (tertiary/aromatic N) is 3. The molecule has 0 saturated carbocycles. The van der Waals surface area contributed by atoms with E-state index in [2.05, 4.69) is 15.3 Å². The molecule has 10 heteroatoms. The van der Waals surface area contributed by atoms with E-state index in [1.54, 1.807) is 24.3 Å². The van der Waals surface area contributed by atoms with Gasteiger partial charge in [0.25, 0.3) is 0 Å². The number of aromatic nitrogens is 2. The van der Waals surface area contributed by atoms with Crippen LogP contribution in [0.2, 0.25) is 5.02 Å². The second kappa shape index (κ2) is 9.03. The molecule has 8 nitrogen and oxygen atoms in total. The SMILES string of the molecule is CN(CC(=O)Nc1ccc2nc(-c3ccccc3Cl)[nH]c2c1)S(=O)(=O)c1ccc(C#N)cc1. The van der Waals surface area contributed by atoms with Crippen molar-refractivity contribution in [1.29, 1.82) is 5.26 Å². The van der Waals surface area contributed by atoms with Gasteiger partial charge in [-0.1, -0.05) is 23.7 Å². The first-order valence-corrected chi connectivity index (χ1v) is 11.6. The largest absolute Gasteiger partial charge is 0.338 e. The third kappa shape index (κ3) is 4.73. The molecule has 3 aromatic carbocycles. The highest BCUT2D eigenvalue weighted by atomic mass is 35.5. The molecule has 33 heavy (non-hydrogen) atoms. The number of nitrogens with one attached hydrogen (secondary N) is 2. The number of sulfonamides is 1. The van der Waals surface area contributed by atoms with E-state index in [1.807, 2.05) is 24.3 Å². The zero-order valence-electron chi connectivity index (χ0n) is 17.4. The molecule has 0 radical (unpaired) electrons. The van der Waals surface area contributed by atoms with Crippen LogP contribution in [-0.2, 0) is 14.8 Å². The molecule has 1 amide bonds. The molecule has 2 N–H and O–H groups in total. The number of carbonyl (C=O) groups excluding carboxylic acids is 1. The van der Waals surface area contributed by atoms with E-state index in [0.717, 1.165) is 9.87 Å². The summed E-state index contributed by atoms with van der Waals surface area (Å²) in [5.74, 6) is 0.104. The number of rotatable bonds is 6. The van der Waals surface area contributed by atoms with Crippen molar-refractivity contribution in [2.24, 2.45) is 0 Å². The van der Waals surface area contributed by atoms with Crippen LogP contribution in [0.15, 0.2) is 71.6 Å². The summed E-state index contributed by atoms with van der Waals surface area (Å²) >= 11 is 6.25. The average molecular weight is 480 g/mol. The van der Waals surface area contributed by atoms with Gasteiger partial charge in [0.05, 0.1) is 39.1 Å². The van der Waals surface area contributed by atoms with Gasteiger partial charge >= 0.3 is 0 Å². The molecule has 0 aliphatic heterocycles. The number of aromatic amines is 1. The Balaban J connectivity index is 1.48. The predicted molar refractivity (Wildman–Crippen MR) is 126 cm³/mol. The van der Waals surface area contributed by atoms with Crippen molar-refractivity contribution in [3.8, 4) is 17.5 Å². The molecule has 0 bridgehead atoms. The zero-order chi connectivity index (χ0) is 23.6. The molecule has 1 aromatic heterocycles. The maximum Gasteiger partial charge on any atom is 0.243 e. The molecule has 0 saturated heterocycles. The first-order chi connectivity index (χ1) is 15.8. The normalized spacial score (nSPS) is 11.5. The Bertz CT molecular complexity index is 1490. The summed E-state index contributed by atoms with van der Waals surface area (Å²) in [6.07, 6.45) is 0. The van der Waals surface area contributed by atoms with Gasteiger partial charge in [0.2, 0.25) is 15.9 Å². The summed E-state index contributed by atoms with van der Waals surface area (Å²) < 4.78 is 26.3. The molecule has 0 aliphatic rings. The number of benzene rings is 3. The minimum atomic E-state index is -3.88. The number of likely N-dealkylation sites (N-methyl/N-ethyl adjacent to an activating group) is 1. The fraction of sp³-hybridized carbons (Fsp3) is 0.0870. The van der Waals surface area contributed by atoms with Crippen molar-refractivity contribution in [3.05, 3.63) is 77.3 Å². The molecule has 0 fully saturated rings. The average Bonchev–Trinajstić information content (AvgIpc) is 3.22. The van der Waals surface area contributed by atoms with E-state index >= 15 is 0 Å². The lowest BCUT2D eigenvalue weighted by Gasteiger charge is -2.17. The smallest absolute Gasteiger partial charge is 0.243 e. The van der Waals surface area contributed by atoms with Crippen molar-refractivity contribution < 1.29 is 13.2 Å². The molecule has 4 rings (SSSR count). The van der Waals surface area contributed by atoms with E-state index in [1.165, 1.54) is 31.3 Å². The zero-order valence-corrected chi connectivity index (χ0v) is 19.0. The number of carbonyl (C=O) groups is 1. The van der Waals surface area contributed by atoms with Crippen LogP contribution in [0.3, 0.4) is 0 Å². The molecule has 0 spiro atoms. The van der Waals surface area contributed by atoms with E-state index in [9.17, 15) is 13.2 Å². The molecule has 166 valence electrons.